The zero-order chi connectivity index (χ0) is 18.5. The molecule has 6 nitrogen and oxygen atoms in total. The van der Waals surface area contributed by atoms with Crippen molar-refractivity contribution in [3.63, 3.8) is 0 Å². The third-order valence-corrected chi connectivity index (χ3v) is 4.97. The predicted octanol–water partition coefficient (Wildman–Crippen LogP) is 3.15. The summed E-state index contributed by atoms with van der Waals surface area (Å²) in [4.78, 5) is 14.7. The fourth-order valence-corrected chi connectivity index (χ4v) is 3.43. The van der Waals surface area contributed by atoms with Gasteiger partial charge < -0.3 is 19.8 Å². The highest BCUT2D eigenvalue weighted by atomic mass is 16.5. The standard InChI is InChI=1S/C20H29N3O3/c1-14(2)17(23-8-10-25-11-9-23)13-21-20(24)22-15(3)19-12-16-6-4-5-7-18(16)26-19/h4-7,12,14-15,17H,8-11,13H2,1-3H3,(H2,21,22,24)/t15-,17+/m1/s1. The van der Waals surface area contributed by atoms with Gasteiger partial charge in [0.05, 0.1) is 19.3 Å². The van der Waals surface area contributed by atoms with Crippen LogP contribution in [0.4, 0.5) is 4.79 Å². The van der Waals surface area contributed by atoms with Gasteiger partial charge >= 0.3 is 6.03 Å². The Balaban J connectivity index is 1.53. The first-order chi connectivity index (χ1) is 12.5. The van der Waals surface area contributed by atoms with Crippen molar-refractivity contribution in [1.82, 2.24) is 15.5 Å². The molecular formula is C20H29N3O3. The average molecular weight is 359 g/mol. The van der Waals surface area contributed by atoms with E-state index in [-0.39, 0.29) is 12.1 Å². The Hall–Kier alpha value is -2.05. The van der Waals surface area contributed by atoms with Gasteiger partial charge in [-0.05, 0) is 25.0 Å². The first kappa shape index (κ1) is 18.7. The minimum Gasteiger partial charge on any atom is -0.459 e. The number of nitrogens with one attached hydrogen (secondary N) is 2. The van der Waals surface area contributed by atoms with Crippen molar-refractivity contribution >= 4 is 17.0 Å². The second kappa shape index (κ2) is 8.56. The maximum absolute atomic E-state index is 12.3. The Morgan fingerprint density at radius 1 is 1.19 bits per heavy atom. The molecular weight excluding hydrogens is 330 g/mol. The van der Waals surface area contributed by atoms with Gasteiger partial charge in [-0.2, -0.15) is 0 Å². The van der Waals surface area contributed by atoms with Gasteiger partial charge in [0.15, 0.2) is 0 Å². The number of amides is 2. The molecule has 26 heavy (non-hydrogen) atoms. The van der Waals surface area contributed by atoms with Crippen molar-refractivity contribution in [3.8, 4) is 0 Å². The van der Waals surface area contributed by atoms with Crippen molar-refractivity contribution in [1.29, 1.82) is 0 Å². The van der Waals surface area contributed by atoms with Crippen LogP contribution in [-0.2, 0) is 4.74 Å². The molecule has 0 bridgehead atoms. The molecule has 0 unspecified atom stereocenters. The minimum atomic E-state index is -0.191. The smallest absolute Gasteiger partial charge is 0.315 e. The fraction of sp³-hybridized carbons (Fsp3) is 0.550. The lowest BCUT2D eigenvalue weighted by atomic mass is 10.0. The zero-order valence-corrected chi connectivity index (χ0v) is 15.8. The monoisotopic (exact) mass is 359 g/mol. The summed E-state index contributed by atoms with van der Waals surface area (Å²) >= 11 is 0. The summed E-state index contributed by atoms with van der Waals surface area (Å²) in [7, 11) is 0. The lowest BCUT2D eigenvalue weighted by Gasteiger charge is -2.37. The highest BCUT2D eigenvalue weighted by Gasteiger charge is 2.24. The summed E-state index contributed by atoms with van der Waals surface area (Å²) in [6.07, 6.45) is 0. The van der Waals surface area contributed by atoms with Crippen LogP contribution in [0.15, 0.2) is 34.7 Å². The Morgan fingerprint density at radius 2 is 1.92 bits per heavy atom. The summed E-state index contributed by atoms with van der Waals surface area (Å²) in [5.41, 5.74) is 0.837. The number of nitrogens with zero attached hydrogens (tertiary/aromatic N) is 1. The van der Waals surface area contributed by atoms with Crippen LogP contribution in [0.2, 0.25) is 0 Å². The van der Waals surface area contributed by atoms with Gasteiger partial charge in [-0.25, -0.2) is 4.79 Å². The molecule has 6 heteroatoms. The van der Waals surface area contributed by atoms with Crippen LogP contribution in [0.3, 0.4) is 0 Å². The molecule has 1 aliphatic heterocycles. The van der Waals surface area contributed by atoms with E-state index in [1.807, 2.05) is 37.3 Å². The second-order valence-corrected chi connectivity index (χ2v) is 7.22. The predicted molar refractivity (Wildman–Crippen MR) is 102 cm³/mol. The number of ether oxygens (including phenoxy) is 1. The first-order valence-corrected chi connectivity index (χ1v) is 9.39. The molecule has 142 valence electrons. The largest absolute Gasteiger partial charge is 0.459 e. The molecule has 1 aromatic carbocycles. The van der Waals surface area contributed by atoms with Crippen LogP contribution < -0.4 is 10.6 Å². The molecule has 1 saturated heterocycles. The lowest BCUT2D eigenvalue weighted by Crippen LogP contribution is -2.52. The van der Waals surface area contributed by atoms with E-state index < -0.39 is 0 Å². The van der Waals surface area contributed by atoms with E-state index in [0.29, 0.717) is 18.5 Å². The Bertz CT molecular complexity index is 689. The van der Waals surface area contributed by atoms with E-state index in [9.17, 15) is 4.79 Å². The summed E-state index contributed by atoms with van der Waals surface area (Å²) in [6, 6.07) is 9.78. The Kier molecular flexibility index (Phi) is 6.16. The topological polar surface area (TPSA) is 66.7 Å². The van der Waals surface area contributed by atoms with Crippen LogP contribution in [-0.4, -0.2) is 49.8 Å². The number of rotatable bonds is 6. The number of hydrogen-bond donors (Lipinski definition) is 2. The highest BCUT2D eigenvalue weighted by molar-refractivity contribution is 5.78. The van der Waals surface area contributed by atoms with Gasteiger partial charge in [0.1, 0.15) is 11.3 Å². The van der Waals surface area contributed by atoms with Gasteiger partial charge in [0.25, 0.3) is 0 Å². The van der Waals surface area contributed by atoms with Crippen molar-refractivity contribution in [2.75, 3.05) is 32.8 Å². The molecule has 2 atom stereocenters. The fourth-order valence-electron chi connectivity index (χ4n) is 3.43. The van der Waals surface area contributed by atoms with E-state index in [1.165, 1.54) is 0 Å². The lowest BCUT2D eigenvalue weighted by molar-refractivity contribution is 0.00718. The van der Waals surface area contributed by atoms with Gasteiger partial charge in [-0.15, -0.1) is 0 Å². The Morgan fingerprint density at radius 3 is 2.62 bits per heavy atom. The third kappa shape index (κ3) is 4.56. The van der Waals surface area contributed by atoms with Gasteiger partial charge in [-0.3, -0.25) is 4.90 Å². The summed E-state index contributed by atoms with van der Waals surface area (Å²) in [5.74, 6) is 1.22. The van der Waals surface area contributed by atoms with Crippen molar-refractivity contribution < 1.29 is 13.9 Å². The molecule has 2 N–H and O–H groups in total. The van der Waals surface area contributed by atoms with Crippen LogP contribution in [0.5, 0.6) is 0 Å². The van der Waals surface area contributed by atoms with Crippen LogP contribution >= 0.6 is 0 Å². The SMILES string of the molecule is CC(C)[C@H](CNC(=O)N[C@H](C)c1cc2ccccc2o1)N1CCOCC1. The first-order valence-electron chi connectivity index (χ1n) is 9.39. The van der Waals surface area contributed by atoms with Crippen LogP contribution in [0.1, 0.15) is 32.6 Å². The van der Waals surface area contributed by atoms with Crippen molar-refractivity contribution in [2.24, 2.45) is 5.92 Å². The molecule has 3 rings (SSSR count). The van der Waals surface area contributed by atoms with Gasteiger partial charge in [-0.1, -0.05) is 32.0 Å². The van der Waals surface area contributed by atoms with E-state index in [2.05, 4.69) is 29.4 Å². The minimum absolute atomic E-state index is 0.170. The number of morpholine rings is 1. The van der Waals surface area contributed by atoms with Crippen LogP contribution in [0, 0.1) is 5.92 Å². The Labute approximate surface area is 154 Å². The molecule has 0 spiro atoms. The number of urea groups is 1. The molecule has 2 aromatic rings. The number of furan rings is 1. The second-order valence-electron chi connectivity index (χ2n) is 7.22. The quantitative estimate of drug-likeness (QED) is 0.831. The molecule has 0 aliphatic carbocycles. The molecule has 2 heterocycles. The highest BCUT2D eigenvalue weighted by Crippen LogP contribution is 2.23. The van der Waals surface area contributed by atoms with E-state index >= 15 is 0 Å². The number of fused-ring (bicyclic) bond motifs is 1. The molecule has 0 saturated carbocycles. The third-order valence-electron chi connectivity index (χ3n) is 4.97. The van der Waals surface area contributed by atoms with Crippen molar-refractivity contribution in [2.45, 2.75) is 32.9 Å². The number of hydrogen-bond acceptors (Lipinski definition) is 4. The van der Waals surface area contributed by atoms with E-state index in [4.69, 9.17) is 9.15 Å². The number of benzene rings is 1. The molecule has 1 aromatic heterocycles. The van der Waals surface area contributed by atoms with Gasteiger partial charge in [0, 0.05) is 31.1 Å². The van der Waals surface area contributed by atoms with Crippen molar-refractivity contribution in [3.05, 3.63) is 36.1 Å². The molecule has 1 aliphatic rings. The normalized spacial score (nSPS) is 18.0. The van der Waals surface area contributed by atoms with E-state index in [1.54, 1.807) is 0 Å². The maximum atomic E-state index is 12.3. The average Bonchev–Trinajstić information content (AvgIpc) is 3.07. The molecule has 1 fully saturated rings. The maximum Gasteiger partial charge on any atom is 0.315 e. The number of carbonyl (C=O) groups excluding carboxylic acids is 1. The number of carbonyl (C=O) groups is 1. The summed E-state index contributed by atoms with van der Waals surface area (Å²) in [6.45, 7) is 10.3. The van der Waals surface area contributed by atoms with E-state index in [0.717, 1.165) is 43.0 Å². The molecule has 2 amide bonds. The van der Waals surface area contributed by atoms with Crippen LogP contribution in [0.25, 0.3) is 11.0 Å². The zero-order valence-electron chi connectivity index (χ0n) is 15.8. The van der Waals surface area contributed by atoms with Gasteiger partial charge in [0.2, 0.25) is 0 Å². The molecule has 0 radical (unpaired) electrons. The number of para-hydroxylation sites is 1. The summed E-state index contributed by atoms with van der Waals surface area (Å²) < 4.78 is 11.3. The summed E-state index contributed by atoms with van der Waals surface area (Å²) in [5, 5.41) is 7.03.